The molecule has 1 aromatic carbocycles. The van der Waals surface area contributed by atoms with Gasteiger partial charge in [-0.3, -0.25) is 4.79 Å². The van der Waals surface area contributed by atoms with E-state index in [0.29, 0.717) is 13.0 Å². The van der Waals surface area contributed by atoms with E-state index in [0.717, 1.165) is 37.1 Å². The summed E-state index contributed by atoms with van der Waals surface area (Å²) < 4.78 is 5.51. The van der Waals surface area contributed by atoms with Gasteiger partial charge in [-0.2, -0.15) is 0 Å². The van der Waals surface area contributed by atoms with Crippen molar-refractivity contribution in [3.05, 3.63) is 29.3 Å². The van der Waals surface area contributed by atoms with Gasteiger partial charge in [0.25, 0.3) is 0 Å². The zero-order valence-corrected chi connectivity index (χ0v) is 16.6. The number of ether oxygens (including phenoxy) is 1. The van der Waals surface area contributed by atoms with Crippen LogP contribution in [0.1, 0.15) is 63.0 Å². The maximum atomic E-state index is 12.1. The number of benzene rings is 1. The summed E-state index contributed by atoms with van der Waals surface area (Å²) in [6, 6.07) is 6.07. The molecule has 0 aromatic heterocycles. The highest BCUT2D eigenvalue weighted by molar-refractivity contribution is 5.75. The topological polar surface area (TPSA) is 41.6 Å². The molecule has 0 fully saturated rings. The lowest BCUT2D eigenvalue weighted by Gasteiger charge is -2.16. The number of nitrogens with one attached hydrogen (secondary N) is 1. The minimum Gasteiger partial charge on any atom is -0.496 e. The smallest absolute Gasteiger partial charge is 0.220 e. The van der Waals surface area contributed by atoms with Gasteiger partial charge in [0, 0.05) is 25.1 Å². The molecule has 0 heterocycles. The Balaban J connectivity index is 2.46. The lowest BCUT2D eigenvalue weighted by atomic mass is 10.0. The Kier molecular flexibility index (Phi) is 11.0. The fourth-order valence-corrected chi connectivity index (χ4v) is 2.94. The van der Waals surface area contributed by atoms with E-state index in [4.69, 9.17) is 4.74 Å². The molecule has 0 aliphatic heterocycles. The predicted octanol–water partition coefficient (Wildman–Crippen LogP) is 4.17. The van der Waals surface area contributed by atoms with Crippen molar-refractivity contribution in [1.29, 1.82) is 0 Å². The van der Waals surface area contributed by atoms with Gasteiger partial charge in [-0.1, -0.05) is 51.2 Å². The molecule has 1 aromatic rings. The van der Waals surface area contributed by atoms with Crippen LogP contribution in [0.4, 0.5) is 0 Å². The Bertz CT molecular complexity index is 501. The highest BCUT2D eigenvalue weighted by Crippen LogP contribution is 2.23. The first-order valence-corrected chi connectivity index (χ1v) is 9.64. The van der Waals surface area contributed by atoms with Gasteiger partial charge in [-0.05, 0) is 38.6 Å². The first-order chi connectivity index (χ1) is 12.1. The standard InChI is InChI=1S/C21H36N2O2/c1-5-6-7-8-9-10-14-21(24)22-17-18-12-11-13-20(25-4)19(18)15-16-23(2)3/h11-13H,5-10,14-17H2,1-4H3,(H,22,24). The van der Waals surface area contributed by atoms with Crippen LogP contribution in [-0.2, 0) is 17.8 Å². The number of likely N-dealkylation sites (N-methyl/N-ethyl adjacent to an activating group) is 1. The molecular formula is C21H36N2O2. The first-order valence-electron chi connectivity index (χ1n) is 9.64. The molecular weight excluding hydrogens is 312 g/mol. The summed E-state index contributed by atoms with van der Waals surface area (Å²) in [6.45, 7) is 3.76. The van der Waals surface area contributed by atoms with Crippen LogP contribution in [0.2, 0.25) is 0 Å². The fraction of sp³-hybridized carbons (Fsp3) is 0.667. The number of hydrogen-bond acceptors (Lipinski definition) is 3. The van der Waals surface area contributed by atoms with Crippen LogP contribution in [0, 0.1) is 0 Å². The van der Waals surface area contributed by atoms with Crippen molar-refractivity contribution in [2.45, 2.75) is 64.8 Å². The van der Waals surface area contributed by atoms with Crippen LogP contribution in [0.5, 0.6) is 5.75 Å². The Morgan fingerprint density at radius 1 is 1.12 bits per heavy atom. The van der Waals surface area contributed by atoms with Crippen LogP contribution in [0.3, 0.4) is 0 Å². The SMILES string of the molecule is CCCCCCCCC(=O)NCc1cccc(OC)c1CCN(C)C. The third-order valence-electron chi connectivity index (χ3n) is 4.49. The summed E-state index contributed by atoms with van der Waals surface area (Å²) in [4.78, 5) is 14.2. The molecule has 1 rings (SSSR count). The summed E-state index contributed by atoms with van der Waals surface area (Å²) in [6.07, 6.45) is 8.78. The van der Waals surface area contributed by atoms with Crippen molar-refractivity contribution in [2.75, 3.05) is 27.7 Å². The largest absolute Gasteiger partial charge is 0.496 e. The van der Waals surface area contributed by atoms with E-state index in [-0.39, 0.29) is 5.91 Å². The van der Waals surface area contributed by atoms with Gasteiger partial charge in [0.2, 0.25) is 5.91 Å². The van der Waals surface area contributed by atoms with Crippen LogP contribution in [-0.4, -0.2) is 38.6 Å². The molecule has 0 saturated heterocycles. The maximum Gasteiger partial charge on any atom is 0.220 e. The molecule has 0 bridgehead atoms. The van der Waals surface area contributed by atoms with Gasteiger partial charge in [0.15, 0.2) is 0 Å². The van der Waals surface area contributed by atoms with Gasteiger partial charge in [-0.15, -0.1) is 0 Å². The van der Waals surface area contributed by atoms with Gasteiger partial charge in [-0.25, -0.2) is 0 Å². The average molecular weight is 349 g/mol. The van der Waals surface area contributed by atoms with Gasteiger partial charge in [0.05, 0.1) is 7.11 Å². The van der Waals surface area contributed by atoms with Crippen molar-refractivity contribution in [3.8, 4) is 5.75 Å². The van der Waals surface area contributed by atoms with Crippen molar-refractivity contribution in [3.63, 3.8) is 0 Å². The number of hydrogen-bond donors (Lipinski definition) is 1. The quantitative estimate of drug-likeness (QED) is 0.544. The van der Waals surface area contributed by atoms with Crippen LogP contribution in [0.15, 0.2) is 18.2 Å². The molecule has 142 valence electrons. The summed E-state index contributed by atoms with van der Waals surface area (Å²) in [5.74, 6) is 1.06. The molecule has 4 nitrogen and oxygen atoms in total. The summed E-state index contributed by atoms with van der Waals surface area (Å²) in [5.41, 5.74) is 2.34. The second kappa shape index (κ2) is 12.8. The van der Waals surface area contributed by atoms with E-state index in [1.54, 1.807) is 7.11 Å². The van der Waals surface area contributed by atoms with E-state index in [2.05, 4.69) is 37.3 Å². The van der Waals surface area contributed by atoms with Crippen LogP contribution >= 0.6 is 0 Å². The zero-order valence-electron chi connectivity index (χ0n) is 16.6. The first kappa shape index (κ1) is 21.5. The lowest BCUT2D eigenvalue weighted by Crippen LogP contribution is -2.24. The predicted molar refractivity (Wildman–Crippen MR) is 105 cm³/mol. The molecule has 0 saturated carbocycles. The minimum atomic E-state index is 0.150. The third-order valence-corrected chi connectivity index (χ3v) is 4.49. The number of carbonyl (C=O) groups is 1. The van der Waals surface area contributed by atoms with Gasteiger partial charge >= 0.3 is 0 Å². The van der Waals surface area contributed by atoms with E-state index >= 15 is 0 Å². The van der Waals surface area contributed by atoms with Crippen LogP contribution < -0.4 is 10.1 Å². The second-order valence-electron chi connectivity index (χ2n) is 6.95. The highest BCUT2D eigenvalue weighted by Gasteiger charge is 2.10. The second-order valence-corrected chi connectivity index (χ2v) is 6.95. The van der Waals surface area contributed by atoms with E-state index in [1.165, 1.54) is 31.2 Å². The Morgan fingerprint density at radius 3 is 2.52 bits per heavy atom. The Hall–Kier alpha value is -1.55. The number of carbonyl (C=O) groups excluding carboxylic acids is 1. The summed E-state index contributed by atoms with van der Waals surface area (Å²) >= 11 is 0. The normalized spacial score (nSPS) is 10.9. The van der Waals surface area contributed by atoms with E-state index in [1.807, 2.05) is 12.1 Å². The number of rotatable bonds is 13. The average Bonchev–Trinajstić information content (AvgIpc) is 2.61. The highest BCUT2D eigenvalue weighted by atomic mass is 16.5. The zero-order chi connectivity index (χ0) is 18.5. The van der Waals surface area contributed by atoms with Crippen molar-refractivity contribution < 1.29 is 9.53 Å². The van der Waals surface area contributed by atoms with Gasteiger partial charge in [0.1, 0.15) is 5.75 Å². The molecule has 0 radical (unpaired) electrons. The Labute approximate surface area is 153 Å². The fourth-order valence-electron chi connectivity index (χ4n) is 2.94. The van der Waals surface area contributed by atoms with E-state index < -0.39 is 0 Å². The monoisotopic (exact) mass is 348 g/mol. The number of amides is 1. The van der Waals surface area contributed by atoms with Crippen LogP contribution in [0.25, 0.3) is 0 Å². The molecule has 0 aliphatic carbocycles. The molecule has 0 atom stereocenters. The molecule has 1 N–H and O–H groups in total. The lowest BCUT2D eigenvalue weighted by molar-refractivity contribution is -0.121. The van der Waals surface area contributed by atoms with Crippen molar-refractivity contribution >= 4 is 5.91 Å². The number of nitrogens with zero attached hydrogens (tertiary/aromatic N) is 1. The summed E-state index contributed by atoms with van der Waals surface area (Å²) in [7, 11) is 5.84. The van der Waals surface area contributed by atoms with Crippen molar-refractivity contribution in [1.82, 2.24) is 10.2 Å². The molecule has 0 aliphatic rings. The molecule has 1 amide bonds. The third kappa shape index (κ3) is 8.92. The van der Waals surface area contributed by atoms with Crippen molar-refractivity contribution in [2.24, 2.45) is 0 Å². The molecule has 25 heavy (non-hydrogen) atoms. The Morgan fingerprint density at radius 2 is 1.84 bits per heavy atom. The number of methoxy groups -OCH3 is 1. The number of unbranched alkanes of at least 4 members (excludes halogenated alkanes) is 5. The minimum absolute atomic E-state index is 0.150. The summed E-state index contributed by atoms with van der Waals surface area (Å²) in [5, 5.41) is 3.07. The van der Waals surface area contributed by atoms with E-state index in [9.17, 15) is 4.79 Å². The molecule has 4 heteroatoms. The molecule has 0 spiro atoms. The molecule has 0 unspecified atom stereocenters. The van der Waals surface area contributed by atoms with Gasteiger partial charge < -0.3 is 15.0 Å². The maximum absolute atomic E-state index is 12.1.